The lowest BCUT2D eigenvalue weighted by Gasteiger charge is -2.23. The smallest absolute Gasteiger partial charge is 0.416 e. The van der Waals surface area contributed by atoms with Crippen LogP contribution in [-0.4, -0.2) is 28.2 Å². The Kier molecular flexibility index (Phi) is 8.51. The number of benzene rings is 3. The van der Waals surface area contributed by atoms with Crippen molar-refractivity contribution >= 4 is 34.0 Å². The summed E-state index contributed by atoms with van der Waals surface area (Å²) in [7, 11) is 0. The van der Waals surface area contributed by atoms with Gasteiger partial charge in [0.2, 0.25) is 0 Å². The minimum atomic E-state index is -4.39. The average Bonchev–Trinajstić information content (AvgIpc) is 3.37. The molecule has 5 nitrogen and oxygen atoms in total. The first kappa shape index (κ1) is 28.4. The van der Waals surface area contributed by atoms with Crippen LogP contribution < -0.4 is 9.64 Å². The standard InChI is InChI=1S/C29H26ClF3N2O3S/c1-28(2,26(36)37)38-24-12-8-19(9-13-24)14-15-35(17-20-6-10-22(11-7-20)29(31,32)33)27-34-25(18-39-27)21-4-3-5-23(30)16-21/h3-13,16,18H,14-15,17H2,1-2H3,(H,36,37). The van der Waals surface area contributed by atoms with Gasteiger partial charge in [0.15, 0.2) is 10.7 Å². The molecule has 39 heavy (non-hydrogen) atoms. The Hall–Kier alpha value is -3.56. The zero-order valence-electron chi connectivity index (χ0n) is 21.2. The molecule has 1 N–H and O–H groups in total. The monoisotopic (exact) mass is 574 g/mol. The number of rotatable bonds is 10. The molecule has 204 valence electrons. The van der Waals surface area contributed by atoms with E-state index in [1.807, 2.05) is 40.6 Å². The maximum Gasteiger partial charge on any atom is 0.416 e. The van der Waals surface area contributed by atoms with Crippen molar-refractivity contribution in [2.45, 2.75) is 38.6 Å². The lowest BCUT2D eigenvalue weighted by molar-refractivity contribution is -0.152. The van der Waals surface area contributed by atoms with Crippen LogP contribution >= 0.6 is 22.9 Å². The number of hydrogen-bond acceptors (Lipinski definition) is 5. The van der Waals surface area contributed by atoms with E-state index < -0.39 is 23.3 Å². The summed E-state index contributed by atoms with van der Waals surface area (Å²) in [6, 6.07) is 19.7. The fourth-order valence-electron chi connectivity index (χ4n) is 3.78. The summed E-state index contributed by atoms with van der Waals surface area (Å²) in [6.07, 6.45) is -3.77. The molecular weight excluding hydrogens is 549 g/mol. The second-order valence-electron chi connectivity index (χ2n) is 9.45. The summed E-state index contributed by atoms with van der Waals surface area (Å²) < 4.78 is 44.7. The van der Waals surface area contributed by atoms with Crippen LogP contribution in [0.5, 0.6) is 5.75 Å². The average molecular weight is 575 g/mol. The van der Waals surface area contributed by atoms with Crippen LogP contribution in [0.3, 0.4) is 0 Å². The van der Waals surface area contributed by atoms with Gasteiger partial charge in [-0.15, -0.1) is 11.3 Å². The van der Waals surface area contributed by atoms with Crippen molar-refractivity contribution in [3.05, 3.63) is 99.9 Å². The second-order valence-corrected chi connectivity index (χ2v) is 10.7. The number of alkyl halides is 3. The molecule has 0 radical (unpaired) electrons. The molecule has 0 spiro atoms. The maximum atomic E-state index is 13.0. The van der Waals surface area contributed by atoms with Crippen molar-refractivity contribution in [2.24, 2.45) is 0 Å². The summed E-state index contributed by atoms with van der Waals surface area (Å²) in [5.41, 5.74) is 1.30. The first-order chi connectivity index (χ1) is 18.4. The Bertz CT molecular complexity index is 1420. The van der Waals surface area contributed by atoms with Crippen molar-refractivity contribution in [1.29, 1.82) is 0 Å². The molecule has 4 aromatic rings. The highest BCUT2D eigenvalue weighted by molar-refractivity contribution is 7.14. The van der Waals surface area contributed by atoms with Crippen LogP contribution in [0.15, 0.2) is 78.2 Å². The number of halogens is 4. The van der Waals surface area contributed by atoms with Crippen molar-refractivity contribution in [3.8, 4) is 17.0 Å². The van der Waals surface area contributed by atoms with Gasteiger partial charge in [0.05, 0.1) is 11.3 Å². The summed E-state index contributed by atoms with van der Waals surface area (Å²) in [4.78, 5) is 18.1. The highest BCUT2D eigenvalue weighted by Crippen LogP contribution is 2.32. The molecule has 0 bridgehead atoms. The van der Waals surface area contributed by atoms with Crippen molar-refractivity contribution in [3.63, 3.8) is 0 Å². The number of aromatic nitrogens is 1. The van der Waals surface area contributed by atoms with Gasteiger partial charge in [-0.25, -0.2) is 9.78 Å². The predicted molar refractivity (Wildman–Crippen MR) is 148 cm³/mol. The first-order valence-corrected chi connectivity index (χ1v) is 13.3. The van der Waals surface area contributed by atoms with Crippen LogP contribution in [0.4, 0.5) is 18.3 Å². The molecule has 1 heterocycles. The molecule has 0 aliphatic rings. The predicted octanol–water partition coefficient (Wildman–Crippen LogP) is 7.97. The molecule has 3 aromatic carbocycles. The number of ether oxygens (including phenoxy) is 1. The minimum Gasteiger partial charge on any atom is -0.478 e. The van der Waals surface area contributed by atoms with Gasteiger partial charge in [0, 0.05) is 29.1 Å². The van der Waals surface area contributed by atoms with Crippen molar-refractivity contribution in [1.82, 2.24) is 4.98 Å². The van der Waals surface area contributed by atoms with Gasteiger partial charge >= 0.3 is 12.1 Å². The van der Waals surface area contributed by atoms with Crippen LogP contribution in [0.25, 0.3) is 11.3 Å². The van der Waals surface area contributed by atoms with E-state index in [1.165, 1.54) is 37.3 Å². The molecule has 1 aromatic heterocycles. The molecule has 0 aliphatic carbocycles. The number of nitrogens with zero attached hydrogens (tertiary/aromatic N) is 2. The van der Waals surface area contributed by atoms with Gasteiger partial charge in [-0.05, 0) is 67.8 Å². The Balaban J connectivity index is 1.53. The van der Waals surface area contributed by atoms with E-state index in [1.54, 1.807) is 18.2 Å². The summed E-state index contributed by atoms with van der Waals surface area (Å²) in [5, 5.41) is 12.5. The molecule has 0 amide bonds. The van der Waals surface area contributed by atoms with Crippen molar-refractivity contribution < 1.29 is 27.8 Å². The third-order valence-corrected chi connectivity index (χ3v) is 7.16. The largest absolute Gasteiger partial charge is 0.478 e. The number of carboxylic acid groups (broad SMARTS) is 1. The lowest BCUT2D eigenvalue weighted by Crippen LogP contribution is -2.37. The zero-order valence-corrected chi connectivity index (χ0v) is 22.8. The quantitative estimate of drug-likeness (QED) is 0.208. The van der Waals surface area contributed by atoms with E-state index in [0.717, 1.165) is 39.6 Å². The van der Waals surface area contributed by atoms with E-state index in [0.29, 0.717) is 30.3 Å². The Morgan fingerprint density at radius 3 is 2.31 bits per heavy atom. The summed E-state index contributed by atoms with van der Waals surface area (Å²) >= 11 is 7.59. The van der Waals surface area contributed by atoms with Crippen LogP contribution in [0.2, 0.25) is 5.02 Å². The number of thiazole rings is 1. The Morgan fingerprint density at radius 1 is 1.03 bits per heavy atom. The summed E-state index contributed by atoms with van der Waals surface area (Å²) in [5.74, 6) is -0.620. The number of carbonyl (C=O) groups is 1. The number of aliphatic carboxylic acids is 1. The van der Waals surface area contributed by atoms with Gasteiger partial charge in [0.25, 0.3) is 0 Å². The zero-order chi connectivity index (χ0) is 28.2. The molecule has 0 saturated heterocycles. The molecule has 0 atom stereocenters. The molecular formula is C29H26ClF3N2O3S. The number of carboxylic acids is 1. The van der Waals surface area contributed by atoms with Crippen LogP contribution in [0, 0.1) is 0 Å². The molecule has 0 unspecified atom stereocenters. The fraction of sp³-hybridized carbons (Fsp3) is 0.241. The molecule has 0 saturated carbocycles. The third-order valence-electron chi connectivity index (χ3n) is 6.02. The SMILES string of the molecule is CC(C)(Oc1ccc(CCN(Cc2ccc(C(F)(F)F)cc2)c2nc(-c3cccc(Cl)c3)cs2)cc1)C(=O)O. The summed E-state index contributed by atoms with van der Waals surface area (Å²) in [6.45, 7) is 3.88. The van der Waals surface area contributed by atoms with Gasteiger partial charge in [-0.2, -0.15) is 13.2 Å². The van der Waals surface area contributed by atoms with Crippen LogP contribution in [-0.2, 0) is 23.9 Å². The first-order valence-electron chi connectivity index (χ1n) is 12.0. The highest BCUT2D eigenvalue weighted by Gasteiger charge is 2.30. The second kappa shape index (κ2) is 11.7. The lowest BCUT2D eigenvalue weighted by atomic mass is 10.1. The van der Waals surface area contributed by atoms with Gasteiger partial charge in [-0.1, -0.05) is 48.0 Å². The van der Waals surface area contributed by atoms with Gasteiger partial charge in [-0.3, -0.25) is 0 Å². The van der Waals surface area contributed by atoms with E-state index in [-0.39, 0.29) is 0 Å². The molecule has 10 heteroatoms. The van der Waals surface area contributed by atoms with Gasteiger partial charge in [0.1, 0.15) is 5.75 Å². The van der Waals surface area contributed by atoms with Gasteiger partial charge < -0.3 is 14.7 Å². The van der Waals surface area contributed by atoms with E-state index in [2.05, 4.69) is 0 Å². The highest BCUT2D eigenvalue weighted by atomic mass is 35.5. The molecule has 4 rings (SSSR count). The minimum absolute atomic E-state index is 0.370. The fourth-order valence-corrected chi connectivity index (χ4v) is 4.83. The number of anilines is 1. The van der Waals surface area contributed by atoms with Crippen molar-refractivity contribution in [2.75, 3.05) is 11.4 Å². The topological polar surface area (TPSA) is 62.7 Å². The van der Waals surface area contributed by atoms with Crippen LogP contribution in [0.1, 0.15) is 30.5 Å². The van der Waals surface area contributed by atoms with E-state index >= 15 is 0 Å². The Labute approximate surface area is 233 Å². The maximum absolute atomic E-state index is 13.0. The molecule has 0 fully saturated rings. The van der Waals surface area contributed by atoms with E-state index in [4.69, 9.17) is 21.3 Å². The molecule has 0 aliphatic heterocycles. The Morgan fingerprint density at radius 2 is 1.69 bits per heavy atom. The third kappa shape index (κ3) is 7.52. The number of hydrogen-bond donors (Lipinski definition) is 1. The van der Waals surface area contributed by atoms with E-state index in [9.17, 15) is 23.1 Å². The normalized spacial score (nSPS) is 11.8.